The number of hydrogen-bond acceptors (Lipinski definition) is 3. The van der Waals surface area contributed by atoms with Crippen LogP contribution in [0.25, 0.3) is 0 Å². The first-order valence-corrected chi connectivity index (χ1v) is 7.79. The van der Waals surface area contributed by atoms with Crippen LogP contribution in [-0.4, -0.2) is 20.5 Å². The molecule has 0 atom stereocenters. The highest BCUT2D eigenvalue weighted by Gasteiger charge is 2.12. The molecule has 0 saturated carbocycles. The van der Waals surface area contributed by atoms with Gasteiger partial charge in [0.2, 0.25) is 0 Å². The summed E-state index contributed by atoms with van der Waals surface area (Å²) in [5, 5.41) is 0. The lowest BCUT2D eigenvalue weighted by Crippen LogP contribution is -2.03. The zero-order chi connectivity index (χ0) is 14.9. The van der Waals surface area contributed by atoms with Gasteiger partial charge in [0, 0.05) is 17.4 Å². The Morgan fingerprint density at radius 2 is 1.55 bits per heavy atom. The molecule has 3 nitrogen and oxygen atoms in total. The van der Waals surface area contributed by atoms with Crippen molar-refractivity contribution in [3.05, 3.63) is 65.0 Å². The summed E-state index contributed by atoms with van der Waals surface area (Å²) in [6, 6.07) is 9.82. The number of benzene rings is 2. The van der Waals surface area contributed by atoms with E-state index in [0.29, 0.717) is 16.7 Å². The third kappa shape index (κ3) is 2.93. The molecule has 0 bridgehead atoms. The molecule has 0 unspecified atom stereocenters. The molecule has 0 saturated heterocycles. The van der Waals surface area contributed by atoms with E-state index in [1.54, 1.807) is 6.92 Å². The first-order chi connectivity index (χ1) is 9.29. The lowest BCUT2D eigenvalue weighted by atomic mass is 10.0. The van der Waals surface area contributed by atoms with E-state index < -0.39 is 9.84 Å². The minimum Gasteiger partial charge on any atom is -0.289 e. The van der Waals surface area contributed by atoms with Crippen LogP contribution in [0, 0.1) is 12.7 Å². The second kappa shape index (κ2) is 5.17. The quantitative estimate of drug-likeness (QED) is 0.817. The van der Waals surface area contributed by atoms with E-state index in [1.165, 1.54) is 42.5 Å². The molecule has 0 N–H and O–H groups in total. The maximum absolute atomic E-state index is 13.2. The van der Waals surface area contributed by atoms with Crippen LogP contribution < -0.4 is 0 Å². The largest absolute Gasteiger partial charge is 0.289 e. The van der Waals surface area contributed by atoms with Crippen LogP contribution in [0.1, 0.15) is 21.5 Å². The van der Waals surface area contributed by atoms with Crippen molar-refractivity contribution in [3.8, 4) is 0 Å². The predicted octanol–water partition coefficient (Wildman–Crippen LogP) is 2.77. The Bertz CT molecular complexity index is 762. The lowest BCUT2D eigenvalue weighted by molar-refractivity contribution is 0.103. The van der Waals surface area contributed by atoms with Crippen molar-refractivity contribution in [2.75, 3.05) is 6.26 Å². The number of hydrogen-bond donors (Lipinski definition) is 0. The van der Waals surface area contributed by atoms with Gasteiger partial charge in [-0.25, -0.2) is 12.8 Å². The van der Waals surface area contributed by atoms with Crippen molar-refractivity contribution in [2.24, 2.45) is 0 Å². The highest BCUT2D eigenvalue weighted by molar-refractivity contribution is 7.90. The van der Waals surface area contributed by atoms with Gasteiger partial charge in [-0.05, 0) is 55.0 Å². The minimum atomic E-state index is -3.28. The second-order valence-electron chi connectivity index (χ2n) is 4.59. The topological polar surface area (TPSA) is 51.2 Å². The summed E-state index contributed by atoms with van der Waals surface area (Å²) in [6.07, 6.45) is 1.10. The maximum Gasteiger partial charge on any atom is 0.193 e. The van der Waals surface area contributed by atoms with Crippen LogP contribution in [-0.2, 0) is 9.84 Å². The minimum absolute atomic E-state index is 0.157. The van der Waals surface area contributed by atoms with Gasteiger partial charge in [0.1, 0.15) is 5.82 Å². The van der Waals surface area contributed by atoms with Crippen LogP contribution in [0.2, 0.25) is 0 Å². The summed E-state index contributed by atoms with van der Waals surface area (Å²) in [7, 11) is -3.28. The summed E-state index contributed by atoms with van der Waals surface area (Å²) < 4.78 is 35.8. The number of carbonyl (C=O) groups is 1. The van der Waals surface area contributed by atoms with Gasteiger partial charge in [-0.1, -0.05) is 0 Å². The van der Waals surface area contributed by atoms with E-state index in [0.717, 1.165) is 6.26 Å². The molecule has 0 amide bonds. The number of aryl methyl sites for hydroxylation is 1. The molecule has 2 rings (SSSR count). The number of rotatable bonds is 3. The Labute approximate surface area is 117 Å². The molecule has 0 aliphatic carbocycles. The fraction of sp³-hybridized carbons (Fsp3) is 0.133. The standard InChI is InChI=1S/C15H13FO3S/c1-10-9-12(5-8-14(10)16)15(17)11-3-6-13(7-4-11)20(2,18)19/h3-9H,1-2H3. The molecule has 0 heterocycles. The Morgan fingerprint density at radius 3 is 2.05 bits per heavy atom. The van der Waals surface area contributed by atoms with Gasteiger partial charge in [-0.3, -0.25) is 4.79 Å². The first-order valence-electron chi connectivity index (χ1n) is 5.90. The second-order valence-corrected chi connectivity index (χ2v) is 6.61. The van der Waals surface area contributed by atoms with Gasteiger partial charge in [-0.2, -0.15) is 0 Å². The Kier molecular flexibility index (Phi) is 3.72. The SMILES string of the molecule is Cc1cc(C(=O)c2ccc(S(C)(=O)=O)cc2)ccc1F. The summed E-state index contributed by atoms with van der Waals surface area (Å²) in [5.74, 6) is -0.637. The van der Waals surface area contributed by atoms with Crippen molar-refractivity contribution in [1.29, 1.82) is 0 Å². The Hall–Kier alpha value is -2.01. The van der Waals surface area contributed by atoms with Crippen molar-refractivity contribution in [2.45, 2.75) is 11.8 Å². The first kappa shape index (κ1) is 14.4. The van der Waals surface area contributed by atoms with E-state index in [9.17, 15) is 17.6 Å². The van der Waals surface area contributed by atoms with Crippen molar-refractivity contribution in [3.63, 3.8) is 0 Å². The monoisotopic (exact) mass is 292 g/mol. The van der Waals surface area contributed by atoms with Gasteiger partial charge in [-0.15, -0.1) is 0 Å². The van der Waals surface area contributed by atoms with Crippen LogP contribution in [0.5, 0.6) is 0 Å². The molecule has 0 fully saturated rings. The number of carbonyl (C=O) groups excluding carboxylic acids is 1. The maximum atomic E-state index is 13.2. The van der Waals surface area contributed by atoms with E-state index in [2.05, 4.69) is 0 Å². The summed E-state index contributed by atoms with van der Waals surface area (Å²) in [6.45, 7) is 1.58. The number of ketones is 1. The summed E-state index contributed by atoms with van der Waals surface area (Å²) in [4.78, 5) is 12.4. The summed E-state index contributed by atoms with van der Waals surface area (Å²) in [5.41, 5.74) is 1.13. The molecule has 20 heavy (non-hydrogen) atoms. The molecular weight excluding hydrogens is 279 g/mol. The van der Waals surface area contributed by atoms with Crippen LogP contribution in [0.15, 0.2) is 47.4 Å². The third-order valence-corrected chi connectivity index (χ3v) is 4.09. The van der Waals surface area contributed by atoms with Crippen molar-refractivity contribution in [1.82, 2.24) is 0 Å². The normalized spacial score (nSPS) is 11.3. The predicted molar refractivity (Wildman–Crippen MR) is 74.1 cm³/mol. The van der Waals surface area contributed by atoms with Gasteiger partial charge in [0.25, 0.3) is 0 Å². The van der Waals surface area contributed by atoms with E-state index in [1.807, 2.05) is 0 Å². The molecule has 0 aliphatic rings. The fourth-order valence-electron chi connectivity index (χ4n) is 1.81. The average molecular weight is 292 g/mol. The smallest absolute Gasteiger partial charge is 0.193 e. The molecule has 0 radical (unpaired) electrons. The fourth-order valence-corrected chi connectivity index (χ4v) is 2.44. The molecule has 2 aromatic rings. The number of halogens is 1. The average Bonchev–Trinajstić information content (AvgIpc) is 2.40. The molecule has 0 spiro atoms. The van der Waals surface area contributed by atoms with E-state index in [4.69, 9.17) is 0 Å². The Balaban J connectivity index is 2.36. The zero-order valence-corrected chi connectivity index (χ0v) is 11.9. The molecule has 0 aliphatic heterocycles. The number of sulfone groups is 1. The van der Waals surface area contributed by atoms with E-state index >= 15 is 0 Å². The summed E-state index contributed by atoms with van der Waals surface area (Å²) >= 11 is 0. The van der Waals surface area contributed by atoms with Gasteiger partial charge in [0.15, 0.2) is 15.6 Å². The molecule has 5 heteroatoms. The molecule has 0 aromatic heterocycles. The van der Waals surface area contributed by atoms with E-state index in [-0.39, 0.29) is 16.5 Å². The van der Waals surface area contributed by atoms with Crippen LogP contribution >= 0.6 is 0 Å². The van der Waals surface area contributed by atoms with Crippen LogP contribution in [0.3, 0.4) is 0 Å². The zero-order valence-electron chi connectivity index (χ0n) is 11.1. The van der Waals surface area contributed by atoms with Gasteiger partial charge in [0.05, 0.1) is 4.90 Å². The molecular formula is C15H13FO3S. The van der Waals surface area contributed by atoms with Crippen molar-refractivity contribution >= 4 is 15.6 Å². The molecule has 104 valence electrons. The third-order valence-electron chi connectivity index (χ3n) is 2.96. The van der Waals surface area contributed by atoms with Gasteiger partial charge < -0.3 is 0 Å². The highest BCUT2D eigenvalue weighted by atomic mass is 32.2. The molecule has 2 aromatic carbocycles. The van der Waals surface area contributed by atoms with Gasteiger partial charge >= 0.3 is 0 Å². The van der Waals surface area contributed by atoms with Crippen LogP contribution in [0.4, 0.5) is 4.39 Å². The Morgan fingerprint density at radius 1 is 1.00 bits per heavy atom. The highest BCUT2D eigenvalue weighted by Crippen LogP contribution is 2.16. The van der Waals surface area contributed by atoms with Crippen molar-refractivity contribution < 1.29 is 17.6 Å². The lowest BCUT2D eigenvalue weighted by Gasteiger charge is -2.04.